The number of non-ortho nitro benzene ring substituents is 1. The molecule has 0 radical (unpaired) electrons. The van der Waals surface area contributed by atoms with Gasteiger partial charge in [0.05, 0.1) is 21.7 Å². The molecule has 0 saturated heterocycles. The van der Waals surface area contributed by atoms with Gasteiger partial charge in [0.1, 0.15) is 0 Å². The summed E-state index contributed by atoms with van der Waals surface area (Å²) < 4.78 is 2.17. The lowest BCUT2D eigenvalue weighted by Gasteiger charge is -2.21. The number of hydrogen-bond donors (Lipinski definition) is 0. The zero-order chi connectivity index (χ0) is 22.1. The molecule has 0 N–H and O–H groups in total. The highest BCUT2D eigenvalue weighted by Gasteiger charge is 2.21. The Labute approximate surface area is 188 Å². The lowest BCUT2D eigenvalue weighted by molar-refractivity contribution is -0.384. The summed E-state index contributed by atoms with van der Waals surface area (Å²) in [7, 11) is 0. The van der Waals surface area contributed by atoms with E-state index in [1.54, 1.807) is 23.5 Å². The molecular weight excluding hydrogens is 420 g/mol. The molecule has 0 atom stereocenters. The third-order valence-electron chi connectivity index (χ3n) is 5.52. The molecule has 5 rings (SSSR count). The quantitative estimate of drug-likeness (QED) is 0.237. The van der Waals surface area contributed by atoms with Crippen LogP contribution < -0.4 is 5.43 Å². The summed E-state index contributed by atoms with van der Waals surface area (Å²) >= 11 is 1.57. The molecule has 32 heavy (non-hydrogen) atoms. The number of nitrogens with zero attached hydrogens (tertiary/aromatic N) is 2. The maximum Gasteiger partial charge on any atom is 0.269 e. The molecule has 0 amide bonds. The van der Waals surface area contributed by atoms with Crippen LogP contribution in [-0.2, 0) is 6.54 Å². The topological polar surface area (TPSA) is 65.1 Å². The fourth-order valence-corrected chi connectivity index (χ4v) is 4.69. The minimum atomic E-state index is -0.433. The highest BCUT2D eigenvalue weighted by molar-refractivity contribution is 7.08. The molecule has 6 heteroatoms. The summed E-state index contributed by atoms with van der Waals surface area (Å²) in [4.78, 5) is 24.4. The fourth-order valence-electron chi connectivity index (χ4n) is 4.05. The Bertz CT molecular complexity index is 1470. The SMILES string of the molecule is O=c1c(-c2ccc([N+](=O)[O-])cc2)c(-c2ccsc2)n(Cc2ccccc2)c2ccccc12. The summed E-state index contributed by atoms with van der Waals surface area (Å²) in [5.74, 6) is 0. The molecule has 0 unspecified atom stereocenters. The number of rotatable bonds is 5. The summed E-state index contributed by atoms with van der Waals surface area (Å²) in [5, 5.41) is 15.8. The minimum absolute atomic E-state index is 0.00349. The van der Waals surface area contributed by atoms with Crippen LogP contribution in [0, 0.1) is 10.1 Å². The van der Waals surface area contributed by atoms with Crippen LogP contribution in [0.1, 0.15) is 5.56 Å². The van der Waals surface area contributed by atoms with E-state index in [4.69, 9.17) is 0 Å². The molecule has 0 aliphatic rings. The van der Waals surface area contributed by atoms with Crippen molar-refractivity contribution in [2.24, 2.45) is 0 Å². The molecule has 0 bridgehead atoms. The largest absolute Gasteiger partial charge is 0.335 e. The summed E-state index contributed by atoms with van der Waals surface area (Å²) in [5.41, 5.74) is 4.86. The monoisotopic (exact) mass is 438 g/mol. The number of nitro benzene ring substituents is 1. The number of thiophene rings is 1. The van der Waals surface area contributed by atoms with E-state index >= 15 is 0 Å². The minimum Gasteiger partial charge on any atom is -0.335 e. The summed E-state index contributed by atoms with van der Waals surface area (Å²) in [6, 6.07) is 25.9. The molecule has 0 aliphatic carbocycles. The van der Waals surface area contributed by atoms with Gasteiger partial charge in [0.15, 0.2) is 5.43 Å². The smallest absolute Gasteiger partial charge is 0.269 e. The first-order valence-corrected chi connectivity index (χ1v) is 11.0. The van der Waals surface area contributed by atoms with Crippen molar-refractivity contribution in [2.75, 3.05) is 0 Å². The van der Waals surface area contributed by atoms with Crippen molar-refractivity contribution in [2.45, 2.75) is 6.54 Å². The first kappa shape index (κ1) is 19.9. The Morgan fingerprint density at radius 2 is 1.56 bits per heavy atom. The number of para-hydroxylation sites is 1. The molecule has 156 valence electrons. The van der Waals surface area contributed by atoms with Crippen molar-refractivity contribution < 1.29 is 4.92 Å². The average Bonchev–Trinajstić information content (AvgIpc) is 3.36. The highest BCUT2D eigenvalue weighted by atomic mass is 32.1. The molecule has 0 saturated carbocycles. The van der Waals surface area contributed by atoms with Crippen LogP contribution in [0.25, 0.3) is 33.3 Å². The number of pyridine rings is 1. The van der Waals surface area contributed by atoms with Crippen molar-refractivity contribution in [3.8, 4) is 22.4 Å². The number of hydrogen-bond acceptors (Lipinski definition) is 4. The van der Waals surface area contributed by atoms with Crippen LogP contribution >= 0.6 is 11.3 Å². The van der Waals surface area contributed by atoms with Crippen molar-refractivity contribution in [3.63, 3.8) is 0 Å². The van der Waals surface area contributed by atoms with Crippen LogP contribution in [0.3, 0.4) is 0 Å². The van der Waals surface area contributed by atoms with Gasteiger partial charge in [-0.05, 0) is 46.8 Å². The Morgan fingerprint density at radius 1 is 0.844 bits per heavy atom. The van der Waals surface area contributed by atoms with Crippen LogP contribution in [0.15, 0.2) is 100 Å². The molecular formula is C26H18N2O3S. The van der Waals surface area contributed by atoms with E-state index in [0.29, 0.717) is 23.1 Å². The number of benzene rings is 3. The van der Waals surface area contributed by atoms with Gasteiger partial charge < -0.3 is 4.57 Å². The predicted molar refractivity (Wildman–Crippen MR) is 129 cm³/mol. The van der Waals surface area contributed by atoms with Gasteiger partial charge in [-0.3, -0.25) is 14.9 Å². The van der Waals surface area contributed by atoms with Gasteiger partial charge in [0.25, 0.3) is 5.69 Å². The number of aromatic nitrogens is 1. The molecule has 2 heterocycles. The standard InChI is InChI=1S/C26H18N2O3S/c29-26-22-8-4-5-9-23(22)27(16-18-6-2-1-3-7-18)25(20-14-15-32-17-20)24(26)19-10-12-21(13-11-19)28(30)31/h1-15,17H,16H2. The maximum absolute atomic E-state index is 13.7. The molecule has 5 aromatic rings. The zero-order valence-electron chi connectivity index (χ0n) is 17.0. The Kier molecular flexibility index (Phi) is 5.13. The third kappa shape index (κ3) is 3.50. The first-order chi connectivity index (χ1) is 15.6. The van der Waals surface area contributed by atoms with Gasteiger partial charge in [-0.1, -0.05) is 42.5 Å². The van der Waals surface area contributed by atoms with Gasteiger partial charge in [-0.25, -0.2) is 0 Å². The Balaban J connectivity index is 1.87. The fraction of sp³-hybridized carbons (Fsp3) is 0.0385. The van der Waals surface area contributed by atoms with E-state index in [1.807, 2.05) is 59.3 Å². The van der Waals surface area contributed by atoms with Gasteiger partial charge in [0.2, 0.25) is 0 Å². The Hall–Kier alpha value is -4.03. The molecule has 2 aromatic heterocycles. The molecule has 0 spiro atoms. The van der Waals surface area contributed by atoms with E-state index in [-0.39, 0.29) is 11.1 Å². The van der Waals surface area contributed by atoms with Crippen molar-refractivity contribution in [1.82, 2.24) is 4.57 Å². The first-order valence-electron chi connectivity index (χ1n) is 10.1. The van der Waals surface area contributed by atoms with Crippen molar-refractivity contribution >= 4 is 27.9 Å². The lowest BCUT2D eigenvalue weighted by Crippen LogP contribution is -2.16. The van der Waals surface area contributed by atoms with E-state index in [1.165, 1.54) is 12.1 Å². The second-order valence-corrected chi connectivity index (χ2v) is 8.24. The lowest BCUT2D eigenvalue weighted by atomic mass is 9.96. The normalized spacial score (nSPS) is 11.0. The molecule has 5 nitrogen and oxygen atoms in total. The third-order valence-corrected chi connectivity index (χ3v) is 6.20. The van der Waals surface area contributed by atoms with E-state index < -0.39 is 4.92 Å². The van der Waals surface area contributed by atoms with Crippen LogP contribution in [-0.4, -0.2) is 9.49 Å². The number of nitro groups is 1. The van der Waals surface area contributed by atoms with Crippen LogP contribution in [0.5, 0.6) is 0 Å². The van der Waals surface area contributed by atoms with Crippen LogP contribution in [0.2, 0.25) is 0 Å². The van der Waals surface area contributed by atoms with Gasteiger partial charge in [-0.2, -0.15) is 11.3 Å². The predicted octanol–water partition coefficient (Wildman–Crippen LogP) is 6.35. The molecule has 0 fully saturated rings. The van der Waals surface area contributed by atoms with Gasteiger partial charge >= 0.3 is 0 Å². The second-order valence-electron chi connectivity index (χ2n) is 7.46. The van der Waals surface area contributed by atoms with Crippen molar-refractivity contribution in [3.05, 3.63) is 122 Å². The summed E-state index contributed by atoms with van der Waals surface area (Å²) in [6.45, 7) is 0.590. The Morgan fingerprint density at radius 3 is 2.25 bits per heavy atom. The van der Waals surface area contributed by atoms with E-state index in [9.17, 15) is 14.9 Å². The van der Waals surface area contributed by atoms with Gasteiger partial charge in [-0.15, -0.1) is 0 Å². The van der Waals surface area contributed by atoms with Crippen molar-refractivity contribution in [1.29, 1.82) is 0 Å². The average molecular weight is 439 g/mol. The number of fused-ring (bicyclic) bond motifs is 1. The zero-order valence-corrected chi connectivity index (χ0v) is 17.8. The van der Waals surface area contributed by atoms with Gasteiger partial charge in [0, 0.05) is 35.0 Å². The maximum atomic E-state index is 13.7. The van der Waals surface area contributed by atoms with Crippen LogP contribution in [0.4, 0.5) is 5.69 Å². The van der Waals surface area contributed by atoms with E-state index in [2.05, 4.69) is 16.7 Å². The molecule has 0 aliphatic heterocycles. The summed E-state index contributed by atoms with van der Waals surface area (Å²) in [6.07, 6.45) is 0. The molecule has 3 aromatic carbocycles. The highest BCUT2D eigenvalue weighted by Crippen LogP contribution is 2.35. The van der Waals surface area contributed by atoms with E-state index in [0.717, 1.165) is 22.3 Å². The second kappa shape index (κ2) is 8.24.